The van der Waals surface area contributed by atoms with E-state index in [2.05, 4.69) is 15.9 Å². The highest BCUT2D eigenvalue weighted by Crippen LogP contribution is 2.29. The fourth-order valence-corrected chi connectivity index (χ4v) is 2.31. The summed E-state index contributed by atoms with van der Waals surface area (Å²) in [6.45, 7) is 3.48. The molecular formula is C13H18BrNO2. The molecule has 0 aliphatic carbocycles. The topological polar surface area (TPSA) is 44.5 Å². The monoisotopic (exact) mass is 299 g/mol. The van der Waals surface area contributed by atoms with Crippen LogP contribution >= 0.6 is 15.9 Å². The van der Waals surface area contributed by atoms with Crippen LogP contribution in [0.5, 0.6) is 5.75 Å². The summed E-state index contributed by atoms with van der Waals surface area (Å²) in [5, 5.41) is 0. The maximum Gasteiger partial charge on any atom is 0.125 e. The molecule has 1 saturated heterocycles. The average molecular weight is 300 g/mol. The van der Waals surface area contributed by atoms with Gasteiger partial charge in [0.2, 0.25) is 0 Å². The lowest BCUT2D eigenvalue weighted by atomic mass is 10.1. The van der Waals surface area contributed by atoms with Crippen LogP contribution in [0.15, 0.2) is 22.7 Å². The lowest BCUT2D eigenvalue weighted by molar-refractivity contribution is 0.00691. The smallest absolute Gasteiger partial charge is 0.125 e. The largest absolute Gasteiger partial charge is 0.488 e. The van der Waals surface area contributed by atoms with Crippen LogP contribution in [0.3, 0.4) is 0 Å². The molecule has 2 atom stereocenters. The second-order valence-electron chi connectivity index (χ2n) is 4.43. The van der Waals surface area contributed by atoms with Crippen molar-refractivity contribution >= 4 is 15.9 Å². The summed E-state index contributed by atoms with van der Waals surface area (Å²) in [6.07, 6.45) is 2.26. The minimum Gasteiger partial charge on any atom is -0.488 e. The molecule has 1 heterocycles. The van der Waals surface area contributed by atoms with Crippen LogP contribution in [0.25, 0.3) is 0 Å². The van der Waals surface area contributed by atoms with Gasteiger partial charge in [0.1, 0.15) is 11.9 Å². The van der Waals surface area contributed by atoms with Crippen LogP contribution in [-0.4, -0.2) is 19.3 Å². The first-order chi connectivity index (χ1) is 8.16. The molecule has 0 saturated carbocycles. The number of nitrogens with two attached hydrogens (primary N) is 1. The van der Waals surface area contributed by atoms with E-state index in [0.29, 0.717) is 6.61 Å². The Bertz CT molecular complexity index is 376. The van der Waals surface area contributed by atoms with Crippen LogP contribution in [0, 0.1) is 0 Å². The molecule has 0 bridgehead atoms. The van der Waals surface area contributed by atoms with Crippen molar-refractivity contribution in [3.8, 4) is 5.75 Å². The maximum atomic E-state index is 5.99. The lowest BCUT2D eigenvalue weighted by Gasteiger charge is -2.25. The zero-order chi connectivity index (χ0) is 12.3. The van der Waals surface area contributed by atoms with E-state index < -0.39 is 0 Å². The van der Waals surface area contributed by atoms with Gasteiger partial charge in [-0.2, -0.15) is 0 Å². The number of hydrogen-bond donors (Lipinski definition) is 1. The molecule has 0 aromatic heterocycles. The first-order valence-corrected chi connectivity index (χ1v) is 6.75. The Morgan fingerprint density at radius 3 is 3.00 bits per heavy atom. The molecule has 0 amide bonds. The van der Waals surface area contributed by atoms with Crippen LogP contribution in [0.4, 0.5) is 0 Å². The van der Waals surface area contributed by atoms with Crippen molar-refractivity contribution in [2.75, 3.05) is 13.2 Å². The van der Waals surface area contributed by atoms with E-state index in [1.165, 1.54) is 0 Å². The van der Waals surface area contributed by atoms with Gasteiger partial charge in [-0.15, -0.1) is 0 Å². The van der Waals surface area contributed by atoms with E-state index in [1.54, 1.807) is 0 Å². The fraction of sp³-hybridized carbons (Fsp3) is 0.538. The van der Waals surface area contributed by atoms with Crippen LogP contribution in [-0.2, 0) is 4.74 Å². The summed E-state index contributed by atoms with van der Waals surface area (Å²) < 4.78 is 12.4. The third kappa shape index (κ3) is 3.44. The molecular weight excluding hydrogens is 282 g/mol. The van der Waals surface area contributed by atoms with E-state index in [9.17, 15) is 0 Å². The second kappa shape index (κ2) is 5.85. The third-order valence-corrected chi connectivity index (χ3v) is 3.37. The van der Waals surface area contributed by atoms with Crippen molar-refractivity contribution in [1.29, 1.82) is 0 Å². The van der Waals surface area contributed by atoms with Gasteiger partial charge in [0.05, 0.1) is 6.61 Å². The highest BCUT2D eigenvalue weighted by molar-refractivity contribution is 9.10. The molecule has 1 aliphatic heterocycles. The van der Waals surface area contributed by atoms with Gasteiger partial charge in [0, 0.05) is 22.7 Å². The number of halogens is 1. The first-order valence-electron chi connectivity index (χ1n) is 5.96. The van der Waals surface area contributed by atoms with E-state index in [1.807, 2.05) is 25.1 Å². The molecule has 1 aromatic rings. The van der Waals surface area contributed by atoms with Crippen LogP contribution < -0.4 is 10.5 Å². The summed E-state index contributed by atoms with van der Waals surface area (Å²) in [4.78, 5) is 0. The highest BCUT2D eigenvalue weighted by atomic mass is 79.9. The molecule has 0 radical (unpaired) electrons. The van der Waals surface area contributed by atoms with Crippen molar-refractivity contribution in [2.24, 2.45) is 5.73 Å². The zero-order valence-electron chi connectivity index (χ0n) is 9.99. The molecule has 1 unspecified atom stereocenters. The lowest BCUT2D eigenvalue weighted by Crippen LogP contribution is -2.28. The molecule has 1 fully saturated rings. The van der Waals surface area contributed by atoms with E-state index in [4.69, 9.17) is 15.2 Å². The average Bonchev–Trinajstić information content (AvgIpc) is 2.30. The highest BCUT2D eigenvalue weighted by Gasteiger charge is 2.18. The molecule has 94 valence electrons. The maximum absolute atomic E-state index is 5.99. The van der Waals surface area contributed by atoms with Crippen LogP contribution in [0.1, 0.15) is 31.4 Å². The summed E-state index contributed by atoms with van der Waals surface area (Å²) >= 11 is 3.46. The molecule has 1 aromatic carbocycles. The number of rotatable bonds is 3. The minimum absolute atomic E-state index is 0.0254. The third-order valence-electron chi connectivity index (χ3n) is 2.88. The van der Waals surface area contributed by atoms with Gasteiger partial charge < -0.3 is 15.2 Å². The predicted molar refractivity (Wildman–Crippen MR) is 71.2 cm³/mol. The normalized spacial score (nSPS) is 22.2. The molecule has 2 rings (SSSR count). The summed E-state index contributed by atoms with van der Waals surface area (Å²) in [5.74, 6) is 0.866. The molecule has 3 nitrogen and oxygen atoms in total. The first kappa shape index (κ1) is 12.9. The second-order valence-corrected chi connectivity index (χ2v) is 5.34. The van der Waals surface area contributed by atoms with Crippen molar-refractivity contribution in [3.63, 3.8) is 0 Å². The standard InChI is InChI=1S/C13H18BrNO2/c1-9(15)12-5-4-10(14)7-13(12)17-11-3-2-6-16-8-11/h4-5,7,9,11H,2-3,6,8,15H2,1H3/t9-,11?/m1/s1. The SMILES string of the molecule is C[C@@H](N)c1ccc(Br)cc1OC1CCCOC1. The van der Waals surface area contributed by atoms with Gasteiger partial charge >= 0.3 is 0 Å². The molecule has 17 heavy (non-hydrogen) atoms. The van der Waals surface area contributed by atoms with Crippen molar-refractivity contribution in [3.05, 3.63) is 28.2 Å². The van der Waals surface area contributed by atoms with Crippen LogP contribution in [0.2, 0.25) is 0 Å². The zero-order valence-corrected chi connectivity index (χ0v) is 11.6. The number of benzene rings is 1. The summed E-state index contributed by atoms with van der Waals surface area (Å²) in [6, 6.07) is 5.95. The van der Waals surface area contributed by atoms with Crippen molar-refractivity contribution < 1.29 is 9.47 Å². The quantitative estimate of drug-likeness (QED) is 0.933. The molecule has 2 N–H and O–H groups in total. The Balaban J connectivity index is 2.14. The molecule has 1 aliphatic rings. The molecule has 0 spiro atoms. The van der Waals surface area contributed by atoms with Gasteiger partial charge in [0.15, 0.2) is 0 Å². The van der Waals surface area contributed by atoms with Crippen molar-refractivity contribution in [1.82, 2.24) is 0 Å². The Labute approximate surface area is 110 Å². The number of ether oxygens (including phenoxy) is 2. The number of hydrogen-bond acceptors (Lipinski definition) is 3. The fourth-order valence-electron chi connectivity index (χ4n) is 1.97. The summed E-state index contributed by atoms with van der Waals surface area (Å²) in [7, 11) is 0. The Morgan fingerprint density at radius 1 is 1.53 bits per heavy atom. The van der Waals surface area contributed by atoms with E-state index >= 15 is 0 Å². The molecule has 4 heteroatoms. The van der Waals surface area contributed by atoms with E-state index in [-0.39, 0.29) is 12.1 Å². The van der Waals surface area contributed by atoms with Crippen molar-refractivity contribution in [2.45, 2.75) is 31.9 Å². The Kier molecular flexibility index (Phi) is 4.42. The van der Waals surface area contributed by atoms with Gasteiger partial charge in [0.25, 0.3) is 0 Å². The Morgan fingerprint density at radius 2 is 2.35 bits per heavy atom. The predicted octanol–water partition coefficient (Wildman–Crippen LogP) is 3.03. The van der Waals surface area contributed by atoms with Gasteiger partial charge in [-0.05, 0) is 31.9 Å². The Hall–Kier alpha value is -0.580. The van der Waals surface area contributed by atoms with Gasteiger partial charge in [-0.3, -0.25) is 0 Å². The van der Waals surface area contributed by atoms with Gasteiger partial charge in [-0.25, -0.2) is 0 Å². The van der Waals surface area contributed by atoms with Gasteiger partial charge in [-0.1, -0.05) is 22.0 Å². The van der Waals surface area contributed by atoms with E-state index in [0.717, 1.165) is 35.2 Å². The minimum atomic E-state index is -0.0254. The summed E-state index contributed by atoms with van der Waals surface area (Å²) in [5.41, 5.74) is 6.98.